The lowest BCUT2D eigenvalue weighted by atomic mass is 9.94. The van der Waals surface area contributed by atoms with Crippen molar-refractivity contribution in [2.45, 2.75) is 31.8 Å². The monoisotopic (exact) mass is 344 g/mol. The van der Waals surface area contributed by atoms with Gasteiger partial charge in [0, 0.05) is 23.9 Å². The summed E-state index contributed by atoms with van der Waals surface area (Å²) in [5.41, 5.74) is 1.15. The van der Waals surface area contributed by atoms with Crippen LogP contribution in [0.1, 0.15) is 39.7 Å². The molecule has 5 nitrogen and oxygen atoms in total. The highest BCUT2D eigenvalue weighted by Crippen LogP contribution is 2.33. The Kier molecular flexibility index (Phi) is 4.57. The Hall–Kier alpha value is -2.34. The first kappa shape index (κ1) is 16.5. The number of hydrogen-bond acceptors (Lipinski definition) is 4. The van der Waals surface area contributed by atoms with Gasteiger partial charge in [0.05, 0.1) is 12.1 Å². The molecular formula is C18H20N2O3S. The van der Waals surface area contributed by atoms with Gasteiger partial charge >= 0.3 is 0 Å². The van der Waals surface area contributed by atoms with Crippen LogP contribution in [0.2, 0.25) is 0 Å². The van der Waals surface area contributed by atoms with Gasteiger partial charge in [0.25, 0.3) is 5.91 Å². The average molecular weight is 344 g/mol. The molecule has 3 rings (SSSR count). The number of rotatable bonds is 3. The topological polar surface area (TPSA) is 69.6 Å². The third-order valence-electron chi connectivity index (χ3n) is 4.48. The largest absolute Gasteiger partial charge is 0.508 e. The van der Waals surface area contributed by atoms with Gasteiger partial charge in [-0.05, 0) is 42.5 Å². The summed E-state index contributed by atoms with van der Waals surface area (Å²) < 4.78 is 0. The lowest BCUT2D eigenvalue weighted by Crippen LogP contribution is -2.50. The molecule has 0 saturated carbocycles. The zero-order valence-electron chi connectivity index (χ0n) is 13.7. The summed E-state index contributed by atoms with van der Waals surface area (Å²) in [5.74, 6) is -0.0418. The summed E-state index contributed by atoms with van der Waals surface area (Å²) in [7, 11) is 1.78. The average Bonchev–Trinajstić information content (AvgIpc) is 3.07. The highest BCUT2D eigenvalue weighted by molar-refractivity contribution is 7.10. The molecule has 2 atom stereocenters. The third kappa shape index (κ3) is 3.14. The van der Waals surface area contributed by atoms with Crippen LogP contribution in [0.25, 0.3) is 0 Å². The fourth-order valence-electron chi connectivity index (χ4n) is 3.04. The van der Waals surface area contributed by atoms with E-state index in [0.29, 0.717) is 18.4 Å². The second kappa shape index (κ2) is 6.65. The molecule has 1 aromatic carbocycles. The Balaban J connectivity index is 1.82. The van der Waals surface area contributed by atoms with Crippen LogP contribution in [0.15, 0.2) is 35.7 Å². The van der Waals surface area contributed by atoms with Gasteiger partial charge in [-0.25, -0.2) is 0 Å². The fourth-order valence-corrected chi connectivity index (χ4v) is 3.97. The molecule has 1 aromatic heterocycles. The van der Waals surface area contributed by atoms with E-state index in [-0.39, 0.29) is 29.6 Å². The first-order valence-electron chi connectivity index (χ1n) is 7.87. The van der Waals surface area contributed by atoms with Crippen LogP contribution >= 0.6 is 11.3 Å². The number of aryl methyl sites for hydroxylation is 1. The van der Waals surface area contributed by atoms with E-state index >= 15 is 0 Å². The molecule has 2 amide bonds. The number of piperidine rings is 1. The van der Waals surface area contributed by atoms with Crippen LogP contribution in [0.4, 0.5) is 0 Å². The minimum absolute atomic E-state index is 0.0897. The van der Waals surface area contributed by atoms with Gasteiger partial charge in [-0.2, -0.15) is 0 Å². The van der Waals surface area contributed by atoms with Crippen molar-refractivity contribution in [3.63, 3.8) is 0 Å². The Labute approximate surface area is 144 Å². The number of hydrogen-bond donors (Lipinski definition) is 2. The summed E-state index contributed by atoms with van der Waals surface area (Å²) >= 11 is 1.58. The summed E-state index contributed by atoms with van der Waals surface area (Å²) in [4.78, 5) is 27.4. The van der Waals surface area contributed by atoms with Gasteiger partial charge in [0.2, 0.25) is 5.91 Å². The van der Waals surface area contributed by atoms with Gasteiger partial charge in [0.1, 0.15) is 5.75 Å². The zero-order chi connectivity index (χ0) is 17.3. The van der Waals surface area contributed by atoms with Crippen molar-refractivity contribution in [1.29, 1.82) is 0 Å². The summed E-state index contributed by atoms with van der Waals surface area (Å²) in [6, 6.07) is 8.52. The van der Waals surface area contributed by atoms with Crippen LogP contribution in [0, 0.1) is 6.92 Å². The van der Waals surface area contributed by atoms with E-state index in [9.17, 15) is 14.7 Å². The van der Waals surface area contributed by atoms with Gasteiger partial charge in [-0.3, -0.25) is 9.59 Å². The molecule has 126 valence electrons. The molecule has 0 bridgehead atoms. The number of nitrogens with one attached hydrogen (secondary N) is 1. The lowest BCUT2D eigenvalue weighted by Gasteiger charge is -2.38. The molecule has 2 N–H and O–H groups in total. The molecule has 6 heteroatoms. The number of carbonyl (C=O) groups is 2. The van der Waals surface area contributed by atoms with Crippen LogP contribution in [-0.4, -0.2) is 34.9 Å². The van der Waals surface area contributed by atoms with E-state index in [1.165, 1.54) is 6.07 Å². The Morgan fingerprint density at radius 1 is 1.38 bits per heavy atom. The van der Waals surface area contributed by atoms with Crippen LogP contribution in [0.5, 0.6) is 5.75 Å². The predicted molar refractivity (Wildman–Crippen MR) is 93.2 cm³/mol. The smallest absolute Gasteiger partial charge is 0.251 e. The second-order valence-electron chi connectivity index (χ2n) is 6.08. The number of likely N-dealkylation sites (N-methyl/N-ethyl adjacent to an activating group) is 1. The van der Waals surface area contributed by atoms with Gasteiger partial charge in [-0.1, -0.05) is 12.1 Å². The van der Waals surface area contributed by atoms with Crippen LogP contribution < -0.4 is 5.32 Å². The van der Waals surface area contributed by atoms with E-state index in [1.54, 1.807) is 42.3 Å². The third-order valence-corrected chi connectivity index (χ3v) is 5.43. The molecule has 0 aliphatic carbocycles. The van der Waals surface area contributed by atoms with Crippen molar-refractivity contribution in [1.82, 2.24) is 10.2 Å². The van der Waals surface area contributed by atoms with E-state index in [1.807, 2.05) is 17.5 Å². The zero-order valence-corrected chi connectivity index (χ0v) is 14.5. The lowest BCUT2D eigenvalue weighted by molar-refractivity contribution is -0.135. The van der Waals surface area contributed by atoms with Crippen molar-refractivity contribution in [3.8, 4) is 5.75 Å². The SMILES string of the molecule is Cc1ccc(C(=O)N[C@@H]2CCC(=O)N(C)[C@@H]2c2cccs2)cc1O. The highest BCUT2D eigenvalue weighted by Gasteiger charge is 2.36. The van der Waals surface area contributed by atoms with E-state index in [0.717, 1.165) is 10.4 Å². The maximum atomic E-state index is 12.6. The molecule has 24 heavy (non-hydrogen) atoms. The molecule has 1 fully saturated rings. The molecule has 0 unspecified atom stereocenters. The minimum Gasteiger partial charge on any atom is -0.508 e. The number of aromatic hydroxyl groups is 1. The maximum Gasteiger partial charge on any atom is 0.251 e. The fraction of sp³-hybridized carbons (Fsp3) is 0.333. The molecular weight excluding hydrogens is 324 g/mol. The molecule has 0 radical (unpaired) electrons. The quantitative estimate of drug-likeness (QED) is 0.899. The standard InChI is InChI=1S/C18H20N2O3S/c1-11-5-6-12(10-14(11)21)18(23)19-13-7-8-16(22)20(2)17(13)15-4-3-9-24-15/h3-6,9-10,13,17,21H,7-8H2,1-2H3,(H,19,23)/t13-,17+/m1/s1. The predicted octanol–water partition coefficient (Wildman–Crippen LogP) is 2.85. The van der Waals surface area contributed by atoms with E-state index in [4.69, 9.17) is 0 Å². The first-order chi connectivity index (χ1) is 11.5. The number of thiophene rings is 1. The van der Waals surface area contributed by atoms with Gasteiger partial charge in [-0.15, -0.1) is 11.3 Å². The Morgan fingerprint density at radius 3 is 2.83 bits per heavy atom. The van der Waals surface area contributed by atoms with Crippen molar-refractivity contribution in [3.05, 3.63) is 51.7 Å². The molecule has 1 aliphatic rings. The van der Waals surface area contributed by atoms with Gasteiger partial charge in [0.15, 0.2) is 0 Å². The van der Waals surface area contributed by atoms with Crippen molar-refractivity contribution >= 4 is 23.2 Å². The molecule has 1 saturated heterocycles. The molecule has 2 heterocycles. The van der Waals surface area contributed by atoms with Crippen molar-refractivity contribution in [2.24, 2.45) is 0 Å². The summed E-state index contributed by atoms with van der Waals surface area (Å²) in [6.07, 6.45) is 1.03. The number of phenols is 1. The van der Waals surface area contributed by atoms with Crippen molar-refractivity contribution < 1.29 is 14.7 Å². The number of benzene rings is 1. The van der Waals surface area contributed by atoms with E-state index in [2.05, 4.69) is 5.32 Å². The molecule has 2 aromatic rings. The normalized spacial score (nSPS) is 20.9. The second-order valence-corrected chi connectivity index (χ2v) is 7.06. The number of nitrogens with zero attached hydrogens (tertiary/aromatic N) is 1. The van der Waals surface area contributed by atoms with Gasteiger partial charge < -0.3 is 15.3 Å². The minimum atomic E-state index is -0.236. The van der Waals surface area contributed by atoms with Crippen molar-refractivity contribution in [2.75, 3.05) is 7.05 Å². The number of amides is 2. The number of phenolic OH excluding ortho intramolecular Hbond substituents is 1. The summed E-state index contributed by atoms with van der Waals surface area (Å²) in [6.45, 7) is 1.78. The summed E-state index contributed by atoms with van der Waals surface area (Å²) in [5, 5.41) is 14.8. The van der Waals surface area contributed by atoms with E-state index < -0.39 is 0 Å². The molecule has 0 spiro atoms. The highest BCUT2D eigenvalue weighted by atomic mass is 32.1. The van der Waals surface area contributed by atoms with Crippen LogP contribution in [0.3, 0.4) is 0 Å². The first-order valence-corrected chi connectivity index (χ1v) is 8.75. The maximum absolute atomic E-state index is 12.6. The molecule has 1 aliphatic heterocycles. The Bertz CT molecular complexity index is 758. The number of carbonyl (C=O) groups excluding carboxylic acids is 2. The van der Waals surface area contributed by atoms with Crippen LogP contribution in [-0.2, 0) is 4.79 Å². The Morgan fingerprint density at radius 2 is 2.17 bits per heavy atom. The number of likely N-dealkylation sites (tertiary alicyclic amines) is 1.